The van der Waals surface area contributed by atoms with Crippen molar-refractivity contribution in [2.45, 2.75) is 25.7 Å². The molecule has 0 fully saturated rings. The van der Waals surface area contributed by atoms with Gasteiger partial charge in [-0.25, -0.2) is 0 Å². The monoisotopic (exact) mass is 341 g/mol. The van der Waals surface area contributed by atoms with Crippen LogP contribution in [0.1, 0.15) is 28.8 Å². The zero-order valence-electron chi connectivity index (χ0n) is 14.5. The molecule has 0 aliphatic carbocycles. The van der Waals surface area contributed by atoms with Crippen molar-refractivity contribution in [3.8, 4) is 0 Å². The van der Waals surface area contributed by atoms with Gasteiger partial charge in [0.1, 0.15) is 5.84 Å². The summed E-state index contributed by atoms with van der Waals surface area (Å²) in [6, 6.07) is 12.8. The van der Waals surface area contributed by atoms with Gasteiger partial charge in [-0.1, -0.05) is 30.3 Å². The summed E-state index contributed by atoms with van der Waals surface area (Å²) in [4.78, 5) is 6.07. The summed E-state index contributed by atoms with van der Waals surface area (Å²) in [6.45, 7) is 4.20. The average Bonchev–Trinajstić information content (AvgIpc) is 3.02. The van der Waals surface area contributed by atoms with E-state index in [9.17, 15) is 0 Å². The Bertz CT molecular complexity index is 650. The van der Waals surface area contributed by atoms with Crippen LogP contribution in [-0.4, -0.2) is 48.9 Å². The number of aryl methyl sites for hydroxylation is 1. The van der Waals surface area contributed by atoms with Crippen molar-refractivity contribution in [2.75, 3.05) is 33.2 Å². The number of fused-ring (bicyclic) bond motifs is 1. The molecule has 0 atom stereocenters. The van der Waals surface area contributed by atoms with Crippen LogP contribution in [-0.2, 0) is 12.8 Å². The number of rotatable bonds is 7. The van der Waals surface area contributed by atoms with Gasteiger partial charge in [0, 0.05) is 30.1 Å². The average molecular weight is 342 g/mol. The summed E-state index contributed by atoms with van der Waals surface area (Å²) in [5.41, 5.74) is 2.57. The highest BCUT2D eigenvalue weighted by Crippen LogP contribution is 2.23. The second-order valence-corrected chi connectivity index (χ2v) is 7.59. The molecule has 0 saturated carbocycles. The zero-order valence-corrected chi connectivity index (χ0v) is 15.3. The number of thiophene rings is 1. The molecule has 0 radical (unpaired) electrons. The standard InChI is InChI=1S/C20H27N3S/c1-22(15-10-17-7-3-2-4-8-17)12-6-14-23-13-5-9-19-18(20(23)21)11-16-24-19/h2-4,7-8,11,16,21H,5-6,9-10,12-15H2,1H3. The molecule has 0 amide bonds. The minimum absolute atomic E-state index is 0.732. The fraction of sp³-hybridized carbons (Fsp3) is 0.450. The number of amidine groups is 1. The van der Waals surface area contributed by atoms with Crippen LogP contribution in [0.2, 0.25) is 0 Å². The molecule has 0 spiro atoms. The van der Waals surface area contributed by atoms with E-state index in [1.807, 2.05) is 0 Å². The molecule has 3 nitrogen and oxygen atoms in total. The van der Waals surface area contributed by atoms with Gasteiger partial charge >= 0.3 is 0 Å². The molecule has 0 bridgehead atoms. The van der Waals surface area contributed by atoms with Crippen LogP contribution in [0.5, 0.6) is 0 Å². The van der Waals surface area contributed by atoms with Gasteiger partial charge in [-0.15, -0.1) is 11.3 Å². The lowest BCUT2D eigenvalue weighted by Crippen LogP contribution is -2.34. The van der Waals surface area contributed by atoms with Gasteiger partial charge in [-0.05, 0) is 56.3 Å². The Morgan fingerprint density at radius 1 is 1.17 bits per heavy atom. The quantitative estimate of drug-likeness (QED) is 0.828. The van der Waals surface area contributed by atoms with Crippen molar-refractivity contribution in [2.24, 2.45) is 0 Å². The molecule has 1 aliphatic heterocycles. The molecule has 2 aromatic rings. The van der Waals surface area contributed by atoms with Crippen LogP contribution in [0.15, 0.2) is 41.8 Å². The third-order valence-electron chi connectivity index (χ3n) is 4.74. The fourth-order valence-electron chi connectivity index (χ4n) is 3.29. The Morgan fingerprint density at radius 3 is 2.83 bits per heavy atom. The van der Waals surface area contributed by atoms with Crippen molar-refractivity contribution in [3.05, 3.63) is 57.8 Å². The summed E-state index contributed by atoms with van der Waals surface area (Å²) >= 11 is 1.80. The molecule has 0 saturated heterocycles. The number of nitrogens with one attached hydrogen (secondary N) is 1. The third-order valence-corrected chi connectivity index (χ3v) is 5.72. The predicted molar refractivity (Wildman–Crippen MR) is 103 cm³/mol. The number of benzene rings is 1. The maximum absolute atomic E-state index is 8.48. The minimum Gasteiger partial charge on any atom is -0.357 e. The summed E-state index contributed by atoms with van der Waals surface area (Å²) in [5.74, 6) is 0.732. The lowest BCUT2D eigenvalue weighted by atomic mass is 10.1. The molecular weight excluding hydrogens is 314 g/mol. The van der Waals surface area contributed by atoms with Crippen molar-refractivity contribution >= 4 is 17.2 Å². The molecule has 1 aromatic heterocycles. The van der Waals surface area contributed by atoms with E-state index in [0.29, 0.717) is 0 Å². The maximum Gasteiger partial charge on any atom is 0.129 e. The summed E-state index contributed by atoms with van der Waals surface area (Å²) in [6.07, 6.45) is 4.52. The van der Waals surface area contributed by atoms with E-state index >= 15 is 0 Å². The van der Waals surface area contributed by atoms with Crippen LogP contribution >= 0.6 is 11.3 Å². The van der Waals surface area contributed by atoms with E-state index in [1.54, 1.807) is 11.3 Å². The normalized spacial score (nSPS) is 14.8. The first-order valence-electron chi connectivity index (χ1n) is 8.87. The zero-order chi connectivity index (χ0) is 16.8. The van der Waals surface area contributed by atoms with E-state index in [1.165, 1.54) is 16.9 Å². The largest absolute Gasteiger partial charge is 0.357 e. The van der Waals surface area contributed by atoms with E-state index in [4.69, 9.17) is 5.41 Å². The SMILES string of the molecule is CN(CCCN1CCCc2sccc2C1=N)CCc1ccccc1. The summed E-state index contributed by atoms with van der Waals surface area (Å²) in [5, 5.41) is 10.6. The van der Waals surface area contributed by atoms with Gasteiger partial charge in [-0.3, -0.25) is 5.41 Å². The molecule has 24 heavy (non-hydrogen) atoms. The Hall–Kier alpha value is -1.65. The Labute approximate surface area is 149 Å². The maximum atomic E-state index is 8.48. The molecule has 3 rings (SSSR count). The van der Waals surface area contributed by atoms with Gasteiger partial charge < -0.3 is 9.80 Å². The predicted octanol–water partition coefficient (Wildman–Crippen LogP) is 3.89. The molecule has 128 valence electrons. The van der Waals surface area contributed by atoms with Crippen LogP contribution in [0.3, 0.4) is 0 Å². The second kappa shape index (κ2) is 8.45. The van der Waals surface area contributed by atoms with E-state index < -0.39 is 0 Å². The van der Waals surface area contributed by atoms with Crippen molar-refractivity contribution in [1.29, 1.82) is 5.41 Å². The molecule has 1 N–H and O–H groups in total. The highest BCUT2D eigenvalue weighted by molar-refractivity contribution is 7.10. The van der Waals surface area contributed by atoms with Crippen LogP contribution in [0, 0.1) is 5.41 Å². The molecule has 2 heterocycles. The first kappa shape index (κ1) is 17.2. The fourth-order valence-corrected chi connectivity index (χ4v) is 4.21. The third kappa shape index (κ3) is 4.46. The van der Waals surface area contributed by atoms with Crippen molar-refractivity contribution < 1.29 is 0 Å². The van der Waals surface area contributed by atoms with E-state index in [2.05, 4.69) is 58.6 Å². The van der Waals surface area contributed by atoms with Crippen molar-refractivity contribution in [3.63, 3.8) is 0 Å². The molecular formula is C20H27N3S. The van der Waals surface area contributed by atoms with Crippen LogP contribution in [0.25, 0.3) is 0 Å². The second-order valence-electron chi connectivity index (χ2n) is 6.59. The molecule has 0 unspecified atom stereocenters. The lowest BCUT2D eigenvalue weighted by Gasteiger charge is -2.25. The highest BCUT2D eigenvalue weighted by atomic mass is 32.1. The van der Waals surface area contributed by atoms with Crippen LogP contribution in [0.4, 0.5) is 0 Å². The van der Waals surface area contributed by atoms with E-state index in [0.717, 1.165) is 56.8 Å². The Balaban J connectivity index is 1.42. The smallest absolute Gasteiger partial charge is 0.129 e. The number of likely N-dealkylation sites (N-methyl/N-ethyl adjacent to an activating group) is 1. The number of nitrogens with zero attached hydrogens (tertiary/aromatic N) is 2. The topological polar surface area (TPSA) is 30.3 Å². The van der Waals surface area contributed by atoms with Gasteiger partial charge in [0.2, 0.25) is 0 Å². The summed E-state index contributed by atoms with van der Waals surface area (Å²) < 4.78 is 0. The van der Waals surface area contributed by atoms with Gasteiger partial charge in [-0.2, -0.15) is 0 Å². The Morgan fingerprint density at radius 2 is 2.00 bits per heavy atom. The highest BCUT2D eigenvalue weighted by Gasteiger charge is 2.19. The molecule has 4 heteroatoms. The Kier molecular flexibility index (Phi) is 6.05. The van der Waals surface area contributed by atoms with E-state index in [-0.39, 0.29) is 0 Å². The van der Waals surface area contributed by atoms with Gasteiger partial charge in [0.25, 0.3) is 0 Å². The van der Waals surface area contributed by atoms with Crippen molar-refractivity contribution in [1.82, 2.24) is 9.80 Å². The van der Waals surface area contributed by atoms with Gasteiger partial charge in [0.05, 0.1) is 0 Å². The lowest BCUT2D eigenvalue weighted by molar-refractivity contribution is 0.307. The molecule has 1 aromatic carbocycles. The van der Waals surface area contributed by atoms with Crippen LogP contribution < -0.4 is 0 Å². The molecule has 1 aliphatic rings. The first-order chi connectivity index (χ1) is 11.7. The number of hydrogen-bond acceptors (Lipinski definition) is 3. The first-order valence-corrected chi connectivity index (χ1v) is 9.75. The summed E-state index contributed by atoms with van der Waals surface area (Å²) in [7, 11) is 2.20. The number of hydrogen-bond donors (Lipinski definition) is 1. The van der Waals surface area contributed by atoms with Gasteiger partial charge in [0.15, 0.2) is 0 Å². The minimum atomic E-state index is 0.732.